The van der Waals surface area contributed by atoms with Crippen LogP contribution in [0.4, 0.5) is 5.69 Å². The summed E-state index contributed by atoms with van der Waals surface area (Å²) in [4.78, 5) is 16.7. The highest BCUT2D eigenvalue weighted by Gasteiger charge is 2.13. The number of hydrogen-bond donors (Lipinski definition) is 2. The van der Waals surface area contributed by atoms with Crippen LogP contribution >= 0.6 is 0 Å². The van der Waals surface area contributed by atoms with Crippen LogP contribution in [0.15, 0.2) is 24.3 Å². The van der Waals surface area contributed by atoms with Gasteiger partial charge in [-0.1, -0.05) is 0 Å². The number of carbonyl (C=O) groups is 1. The number of anilines is 1. The van der Waals surface area contributed by atoms with Crippen molar-refractivity contribution in [2.24, 2.45) is 5.73 Å². The number of carbonyl (C=O) groups excluding carboxylic acids is 1. The van der Waals surface area contributed by atoms with Gasteiger partial charge in [-0.25, -0.2) is 0 Å². The van der Waals surface area contributed by atoms with E-state index in [-0.39, 0.29) is 18.4 Å². The maximum absolute atomic E-state index is 11.9. The fourth-order valence-electron chi connectivity index (χ4n) is 2.68. The number of ether oxygens (including phenoxy) is 2. The molecule has 0 saturated carbocycles. The van der Waals surface area contributed by atoms with Crippen LogP contribution in [-0.4, -0.2) is 81.8 Å². The fourth-order valence-corrected chi connectivity index (χ4v) is 2.68. The van der Waals surface area contributed by atoms with Crippen LogP contribution in [0, 0.1) is 0 Å². The Morgan fingerprint density at radius 3 is 2.52 bits per heavy atom. The van der Waals surface area contributed by atoms with Gasteiger partial charge in [0.15, 0.2) is 0 Å². The van der Waals surface area contributed by atoms with E-state index in [1.165, 1.54) is 0 Å². The molecule has 0 bridgehead atoms. The predicted molar refractivity (Wildman–Crippen MR) is 99.0 cm³/mol. The molecule has 2 rings (SSSR count). The number of piperazine rings is 1. The summed E-state index contributed by atoms with van der Waals surface area (Å²) in [6.45, 7) is 6.34. The SMILES string of the molecule is COC(CN)CC(=O)Nc1ccc(OCCN2CCN(C)CC2)cc1. The van der Waals surface area contributed by atoms with Crippen LogP contribution in [0.1, 0.15) is 6.42 Å². The lowest BCUT2D eigenvalue weighted by Crippen LogP contribution is -2.45. The summed E-state index contributed by atoms with van der Waals surface area (Å²) in [6.07, 6.45) is -0.00631. The second kappa shape index (κ2) is 10.4. The molecule has 0 radical (unpaired) electrons. The van der Waals surface area contributed by atoms with Gasteiger partial charge in [0.25, 0.3) is 0 Å². The number of methoxy groups -OCH3 is 1. The fraction of sp³-hybridized carbons (Fsp3) is 0.611. The van der Waals surface area contributed by atoms with Crippen molar-refractivity contribution in [3.63, 3.8) is 0 Å². The van der Waals surface area contributed by atoms with E-state index in [9.17, 15) is 4.79 Å². The van der Waals surface area contributed by atoms with Crippen molar-refractivity contribution in [3.8, 4) is 5.75 Å². The van der Waals surface area contributed by atoms with E-state index in [1.807, 2.05) is 24.3 Å². The average Bonchev–Trinajstić information content (AvgIpc) is 2.63. The van der Waals surface area contributed by atoms with Gasteiger partial charge in [0, 0.05) is 52.1 Å². The van der Waals surface area contributed by atoms with E-state index >= 15 is 0 Å². The minimum Gasteiger partial charge on any atom is -0.492 e. The molecule has 1 aliphatic heterocycles. The molecule has 3 N–H and O–H groups in total. The van der Waals surface area contributed by atoms with Crippen LogP contribution in [0.2, 0.25) is 0 Å². The molecule has 1 aromatic rings. The number of nitrogens with one attached hydrogen (secondary N) is 1. The molecular formula is C18H30N4O3. The molecule has 1 atom stereocenters. The minimum absolute atomic E-state index is 0.110. The first kappa shape index (κ1) is 19.7. The van der Waals surface area contributed by atoms with E-state index in [4.69, 9.17) is 15.2 Å². The lowest BCUT2D eigenvalue weighted by Gasteiger charge is -2.32. The second-order valence-corrected chi connectivity index (χ2v) is 6.36. The minimum atomic E-state index is -0.253. The molecule has 1 heterocycles. The number of hydrogen-bond acceptors (Lipinski definition) is 6. The zero-order valence-electron chi connectivity index (χ0n) is 15.2. The first-order chi connectivity index (χ1) is 12.1. The Morgan fingerprint density at radius 2 is 1.92 bits per heavy atom. The Bertz CT molecular complexity index is 512. The Balaban J connectivity index is 1.69. The molecule has 7 heteroatoms. The van der Waals surface area contributed by atoms with Crippen molar-refractivity contribution in [1.82, 2.24) is 9.80 Å². The summed E-state index contributed by atoms with van der Waals surface area (Å²) in [6, 6.07) is 7.42. The van der Waals surface area contributed by atoms with Crippen LogP contribution < -0.4 is 15.8 Å². The van der Waals surface area contributed by atoms with Gasteiger partial charge in [-0.3, -0.25) is 9.69 Å². The third-order valence-electron chi connectivity index (χ3n) is 4.42. The van der Waals surface area contributed by atoms with Gasteiger partial charge in [0.2, 0.25) is 5.91 Å². The van der Waals surface area contributed by atoms with Crippen molar-refractivity contribution in [1.29, 1.82) is 0 Å². The number of benzene rings is 1. The third-order valence-corrected chi connectivity index (χ3v) is 4.42. The third kappa shape index (κ3) is 6.99. The maximum atomic E-state index is 11.9. The number of nitrogens with zero attached hydrogens (tertiary/aromatic N) is 2. The van der Waals surface area contributed by atoms with Gasteiger partial charge >= 0.3 is 0 Å². The maximum Gasteiger partial charge on any atom is 0.227 e. The second-order valence-electron chi connectivity index (χ2n) is 6.36. The van der Waals surface area contributed by atoms with Gasteiger partial charge in [-0.15, -0.1) is 0 Å². The molecule has 7 nitrogen and oxygen atoms in total. The van der Waals surface area contributed by atoms with E-state index in [1.54, 1.807) is 7.11 Å². The summed E-state index contributed by atoms with van der Waals surface area (Å²) >= 11 is 0. The van der Waals surface area contributed by atoms with Gasteiger partial charge in [0.05, 0.1) is 12.5 Å². The molecular weight excluding hydrogens is 320 g/mol. The molecule has 0 aromatic heterocycles. The summed E-state index contributed by atoms with van der Waals surface area (Å²) in [5, 5.41) is 2.84. The molecule has 0 aliphatic carbocycles. The molecule has 1 saturated heterocycles. The number of amides is 1. The summed E-state index contributed by atoms with van der Waals surface area (Å²) in [5.41, 5.74) is 6.26. The molecule has 1 unspecified atom stereocenters. The standard InChI is InChI=1S/C18H30N4O3/c1-21-7-9-22(10-8-21)11-12-25-16-5-3-15(4-6-16)20-18(23)13-17(14-19)24-2/h3-6,17H,7-14,19H2,1-2H3,(H,20,23). The van der Waals surface area contributed by atoms with E-state index < -0.39 is 0 Å². The lowest BCUT2D eigenvalue weighted by molar-refractivity contribution is -0.118. The molecule has 1 amide bonds. The topological polar surface area (TPSA) is 80.1 Å². The largest absolute Gasteiger partial charge is 0.492 e. The van der Waals surface area contributed by atoms with Crippen LogP contribution in [-0.2, 0) is 9.53 Å². The number of nitrogens with two attached hydrogens (primary N) is 1. The smallest absolute Gasteiger partial charge is 0.227 e. The van der Waals surface area contributed by atoms with Crippen LogP contribution in [0.3, 0.4) is 0 Å². The highest BCUT2D eigenvalue weighted by Crippen LogP contribution is 2.16. The van der Waals surface area contributed by atoms with Gasteiger partial charge in [-0.2, -0.15) is 0 Å². The number of rotatable bonds is 9. The molecule has 140 valence electrons. The van der Waals surface area contributed by atoms with Crippen molar-refractivity contribution in [2.75, 3.05) is 65.3 Å². The molecule has 1 fully saturated rings. The average molecular weight is 350 g/mol. The lowest BCUT2D eigenvalue weighted by atomic mass is 10.2. The Labute approximate surface area is 150 Å². The Morgan fingerprint density at radius 1 is 1.24 bits per heavy atom. The monoisotopic (exact) mass is 350 g/mol. The van der Waals surface area contributed by atoms with Gasteiger partial charge in [0.1, 0.15) is 12.4 Å². The summed E-state index contributed by atoms with van der Waals surface area (Å²) in [7, 11) is 3.71. The molecule has 1 aliphatic rings. The molecule has 0 spiro atoms. The van der Waals surface area contributed by atoms with E-state index in [2.05, 4.69) is 22.2 Å². The van der Waals surface area contributed by atoms with Crippen LogP contribution in [0.25, 0.3) is 0 Å². The van der Waals surface area contributed by atoms with Gasteiger partial charge in [-0.05, 0) is 31.3 Å². The van der Waals surface area contributed by atoms with E-state index in [0.29, 0.717) is 13.2 Å². The Kier molecular flexibility index (Phi) is 8.14. The van der Waals surface area contributed by atoms with Crippen molar-refractivity contribution in [2.45, 2.75) is 12.5 Å². The first-order valence-corrected chi connectivity index (χ1v) is 8.77. The molecule has 1 aromatic carbocycles. The predicted octanol–water partition coefficient (Wildman–Crippen LogP) is 0.615. The number of likely N-dealkylation sites (N-methyl/N-ethyl adjacent to an activating group) is 1. The van der Waals surface area contributed by atoms with Crippen molar-refractivity contribution >= 4 is 11.6 Å². The zero-order valence-corrected chi connectivity index (χ0v) is 15.2. The highest BCUT2D eigenvalue weighted by atomic mass is 16.5. The van der Waals surface area contributed by atoms with Gasteiger partial charge < -0.3 is 25.4 Å². The van der Waals surface area contributed by atoms with Crippen LogP contribution in [0.5, 0.6) is 5.75 Å². The summed E-state index contributed by atoms with van der Waals surface area (Å²) < 4.78 is 10.9. The normalized spacial score (nSPS) is 17.2. The summed E-state index contributed by atoms with van der Waals surface area (Å²) in [5.74, 6) is 0.699. The highest BCUT2D eigenvalue weighted by molar-refractivity contribution is 5.91. The van der Waals surface area contributed by atoms with Crippen molar-refractivity contribution in [3.05, 3.63) is 24.3 Å². The Hall–Kier alpha value is -1.67. The van der Waals surface area contributed by atoms with E-state index in [0.717, 1.165) is 44.2 Å². The zero-order chi connectivity index (χ0) is 18.1. The quantitative estimate of drug-likeness (QED) is 0.679. The first-order valence-electron chi connectivity index (χ1n) is 8.77. The molecule has 25 heavy (non-hydrogen) atoms. The van der Waals surface area contributed by atoms with Crippen molar-refractivity contribution < 1.29 is 14.3 Å².